The van der Waals surface area contributed by atoms with Crippen LogP contribution in [0.15, 0.2) is 18.2 Å². The Bertz CT molecular complexity index is 878. The number of benzene rings is 1. The van der Waals surface area contributed by atoms with Crippen molar-refractivity contribution in [1.82, 2.24) is 0 Å². The molecule has 2 aromatic rings. The molecular formula is C17H15Cl2NO5S. The number of carbonyl (C=O) groups excluding carboxylic acids is 2. The van der Waals surface area contributed by atoms with Crippen molar-refractivity contribution >= 4 is 57.4 Å². The maximum atomic E-state index is 12.3. The van der Waals surface area contributed by atoms with Gasteiger partial charge in [-0.25, -0.2) is 4.79 Å². The van der Waals surface area contributed by atoms with Gasteiger partial charge in [0, 0.05) is 32.5 Å². The van der Waals surface area contributed by atoms with Crippen LogP contribution in [0.2, 0.25) is 10.0 Å². The van der Waals surface area contributed by atoms with Crippen molar-refractivity contribution in [1.29, 1.82) is 0 Å². The molecule has 0 fully saturated rings. The number of ether oxygens (including phenoxy) is 1. The summed E-state index contributed by atoms with van der Waals surface area (Å²) in [5.74, 6) is -2.22. The number of carboxylic acid groups (broad SMARTS) is 1. The fourth-order valence-corrected chi connectivity index (χ4v) is 3.93. The molecule has 0 spiro atoms. The standard InChI is InChI=1S/C17H15Cl2NO5S/c1-8-14(10-4-3-9(18)7-11(10)19)15(17(24)25-2)16(26-8)20-12(21)5-6-13(22)23/h3-4,7H,5-6H2,1-2H3,(H,20,21)(H,22,23). The zero-order chi connectivity index (χ0) is 19.4. The topological polar surface area (TPSA) is 92.7 Å². The van der Waals surface area contributed by atoms with Gasteiger partial charge in [-0.2, -0.15) is 0 Å². The fraction of sp³-hybridized carbons (Fsp3) is 0.235. The van der Waals surface area contributed by atoms with E-state index in [2.05, 4.69) is 5.32 Å². The summed E-state index contributed by atoms with van der Waals surface area (Å²) in [7, 11) is 1.23. The van der Waals surface area contributed by atoms with E-state index in [0.29, 0.717) is 21.2 Å². The van der Waals surface area contributed by atoms with Crippen LogP contribution in [0.4, 0.5) is 5.00 Å². The molecule has 9 heteroatoms. The number of thiophene rings is 1. The van der Waals surface area contributed by atoms with E-state index in [1.165, 1.54) is 18.4 Å². The lowest BCUT2D eigenvalue weighted by molar-refractivity contribution is -0.138. The molecule has 1 amide bonds. The van der Waals surface area contributed by atoms with Crippen molar-refractivity contribution in [3.05, 3.63) is 38.7 Å². The van der Waals surface area contributed by atoms with E-state index < -0.39 is 17.8 Å². The van der Waals surface area contributed by atoms with Gasteiger partial charge < -0.3 is 15.2 Å². The largest absolute Gasteiger partial charge is 0.481 e. The average Bonchev–Trinajstić information content (AvgIpc) is 2.88. The molecular weight excluding hydrogens is 401 g/mol. The highest BCUT2D eigenvalue weighted by Gasteiger charge is 2.26. The van der Waals surface area contributed by atoms with E-state index in [0.717, 1.165) is 4.88 Å². The molecule has 1 aromatic carbocycles. The van der Waals surface area contributed by atoms with Crippen molar-refractivity contribution in [3.8, 4) is 11.1 Å². The average molecular weight is 416 g/mol. The minimum absolute atomic E-state index is 0.169. The highest BCUT2D eigenvalue weighted by atomic mass is 35.5. The summed E-state index contributed by atoms with van der Waals surface area (Å²) >= 11 is 13.4. The molecule has 138 valence electrons. The molecule has 2 N–H and O–H groups in total. The number of methoxy groups -OCH3 is 1. The Balaban J connectivity index is 2.49. The SMILES string of the molecule is COC(=O)c1c(NC(=O)CCC(=O)O)sc(C)c1-c1ccc(Cl)cc1Cl. The number of anilines is 1. The molecule has 0 saturated heterocycles. The van der Waals surface area contributed by atoms with Crippen LogP contribution >= 0.6 is 34.5 Å². The van der Waals surface area contributed by atoms with Crippen LogP contribution in [0.3, 0.4) is 0 Å². The van der Waals surface area contributed by atoms with E-state index in [1.807, 2.05) is 0 Å². The quantitative estimate of drug-likeness (QED) is 0.671. The van der Waals surface area contributed by atoms with E-state index in [4.69, 9.17) is 33.0 Å². The number of halogens is 2. The number of hydrogen-bond acceptors (Lipinski definition) is 5. The first kappa shape index (κ1) is 20.2. The van der Waals surface area contributed by atoms with E-state index in [-0.39, 0.29) is 23.4 Å². The first-order chi connectivity index (χ1) is 12.2. The van der Waals surface area contributed by atoms with Gasteiger partial charge >= 0.3 is 11.9 Å². The lowest BCUT2D eigenvalue weighted by Gasteiger charge is -2.09. The van der Waals surface area contributed by atoms with Gasteiger partial charge in [-0.05, 0) is 19.1 Å². The van der Waals surface area contributed by atoms with Crippen LogP contribution in [0.5, 0.6) is 0 Å². The molecule has 0 radical (unpaired) electrons. The zero-order valence-electron chi connectivity index (χ0n) is 13.9. The predicted octanol–water partition coefficient (Wildman–Crippen LogP) is 4.62. The van der Waals surface area contributed by atoms with Gasteiger partial charge in [-0.15, -0.1) is 11.3 Å². The third-order valence-corrected chi connectivity index (χ3v) is 5.06. The molecule has 26 heavy (non-hydrogen) atoms. The van der Waals surface area contributed by atoms with E-state index in [9.17, 15) is 14.4 Å². The molecule has 0 aliphatic rings. The van der Waals surface area contributed by atoms with Crippen LogP contribution < -0.4 is 5.32 Å². The van der Waals surface area contributed by atoms with Gasteiger partial charge in [-0.1, -0.05) is 29.3 Å². The first-order valence-corrected chi connectivity index (χ1v) is 9.00. The number of carboxylic acids is 1. The highest BCUT2D eigenvalue weighted by molar-refractivity contribution is 7.17. The number of amides is 1. The summed E-state index contributed by atoms with van der Waals surface area (Å²) in [6, 6.07) is 4.88. The van der Waals surface area contributed by atoms with Gasteiger partial charge in [-0.3, -0.25) is 9.59 Å². The highest BCUT2D eigenvalue weighted by Crippen LogP contribution is 2.43. The number of aliphatic carboxylic acids is 1. The van der Waals surface area contributed by atoms with Gasteiger partial charge in [0.2, 0.25) is 5.91 Å². The van der Waals surface area contributed by atoms with Crippen molar-refractivity contribution in [2.24, 2.45) is 0 Å². The molecule has 0 aliphatic heterocycles. The van der Waals surface area contributed by atoms with Crippen LogP contribution in [0, 0.1) is 6.92 Å². The number of carbonyl (C=O) groups is 3. The first-order valence-electron chi connectivity index (χ1n) is 7.43. The van der Waals surface area contributed by atoms with Crippen LogP contribution in [0.25, 0.3) is 11.1 Å². The molecule has 0 bridgehead atoms. The Labute approximate surface area is 163 Å². The van der Waals surface area contributed by atoms with Gasteiger partial charge in [0.1, 0.15) is 10.6 Å². The third kappa shape index (κ3) is 4.55. The summed E-state index contributed by atoms with van der Waals surface area (Å²) in [5.41, 5.74) is 1.29. The predicted molar refractivity (Wildman–Crippen MR) is 101 cm³/mol. The minimum Gasteiger partial charge on any atom is -0.481 e. The number of esters is 1. The van der Waals surface area contributed by atoms with Crippen molar-refractivity contribution in [2.75, 3.05) is 12.4 Å². The van der Waals surface area contributed by atoms with Crippen LogP contribution in [-0.2, 0) is 14.3 Å². The van der Waals surface area contributed by atoms with Crippen LogP contribution in [-0.4, -0.2) is 30.1 Å². The summed E-state index contributed by atoms with van der Waals surface area (Å²) in [6.07, 6.45) is -0.510. The number of nitrogens with one attached hydrogen (secondary N) is 1. The second-order valence-electron chi connectivity index (χ2n) is 5.30. The fourth-order valence-electron chi connectivity index (χ4n) is 2.36. The smallest absolute Gasteiger partial charge is 0.341 e. The lowest BCUT2D eigenvalue weighted by Crippen LogP contribution is -2.15. The Morgan fingerprint density at radius 1 is 1.23 bits per heavy atom. The lowest BCUT2D eigenvalue weighted by atomic mass is 10.0. The van der Waals surface area contributed by atoms with Crippen molar-refractivity contribution in [2.45, 2.75) is 19.8 Å². The van der Waals surface area contributed by atoms with Crippen molar-refractivity contribution in [3.63, 3.8) is 0 Å². The van der Waals surface area contributed by atoms with Gasteiger partial charge in [0.15, 0.2) is 0 Å². The molecule has 1 aromatic heterocycles. The van der Waals surface area contributed by atoms with Crippen molar-refractivity contribution < 1.29 is 24.2 Å². The maximum absolute atomic E-state index is 12.3. The summed E-state index contributed by atoms with van der Waals surface area (Å²) < 4.78 is 4.85. The summed E-state index contributed by atoms with van der Waals surface area (Å²) in [6.45, 7) is 1.78. The Hall–Kier alpha value is -2.09. The normalized spacial score (nSPS) is 10.5. The summed E-state index contributed by atoms with van der Waals surface area (Å²) in [4.78, 5) is 35.7. The Kier molecular flexibility index (Phi) is 6.63. The molecule has 0 aliphatic carbocycles. The number of hydrogen-bond donors (Lipinski definition) is 2. The second-order valence-corrected chi connectivity index (χ2v) is 7.36. The third-order valence-electron chi connectivity index (χ3n) is 3.49. The van der Waals surface area contributed by atoms with E-state index in [1.54, 1.807) is 25.1 Å². The monoisotopic (exact) mass is 415 g/mol. The Morgan fingerprint density at radius 3 is 2.50 bits per heavy atom. The Morgan fingerprint density at radius 2 is 1.92 bits per heavy atom. The minimum atomic E-state index is -1.08. The van der Waals surface area contributed by atoms with Gasteiger partial charge in [0.25, 0.3) is 0 Å². The number of aryl methyl sites for hydroxylation is 1. The van der Waals surface area contributed by atoms with Crippen LogP contribution in [0.1, 0.15) is 28.1 Å². The van der Waals surface area contributed by atoms with E-state index >= 15 is 0 Å². The molecule has 0 atom stereocenters. The molecule has 2 rings (SSSR count). The molecule has 0 unspecified atom stereocenters. The maximum Gasteiger partial charge on any atom is 0.341 e. The molecule has 0 saturated carbocycles. The summed E-state index contributed by atoms with van der Waals surface area (Å²) in [5, 5.41) is 12.4. The van der Waals surface area contributed by atoms with Gasteiger partial charge in [0.05, 0.1) is 13.5 Å². The number of rotatable bonds is 6. The second kappa shape index (κ2) is 8.53. The molecule has 6 nitrogen and oxygen atoms in total. The zero-order valence-corrected chi connectivity index (χ0v) is 16.2. The molecule has 1 heterocycles.